The molecule has 35 heavy (non-hydrogen) atoms. The molecule has 1 amide bonds. The van der Waals surface area contributed by atoms with Crippen molar-refractivity contribution in [3.8, 4) is 0 Å². The van der Waals surface area contributed by atoms with E-state index in [1.165, 1.54) is 15.3 Å². The monoisotopic (exact) mass is 532 g/mol. The highest BCUT2D eigenvalue weighted by atomic mass is 35.5. The minimum Gasteiger partial charge on any atom is -0.394 e. The number of sulfonamides is 1. The number of halogens is 2. The number of aryl methyl sites for hydroxylation is 1. The number of aliphatic hydroxyl groups is 1. The number of carbonyl (C=O) groups excluding carboxylic acids is 1. The molecule has 1 N–H and O–H groups in total. The summed E-state index contributed by atoms with van der Waals surface area (Å²) < 4.78 is 28.0. The van der Waals surface area contributed by atoms with Crippen molar-refractivity contribution in [1.29, 1.82) is 0 Å². The molecule has 0 atom stereocenters. The van der Waals surface area contributed by atoms with Crippen molar-refractivity contribution in [2.24, 2.45) is 0 Å². The highest BCUT2D eigenvalue weighted by molar-refractivity contribution is 7.92. The van der Waals surface area contributed by atoms with Crippen LogP contribution in [-0.2, 0) is 21.4 Å². The molecule has 0 heterocycles. The Morgan fingerprint density at radius 3 is 2.34 bits per heavy atom. The van der Waals surface area contributed by atoms with E-state index in [-0.39, 0.29) is 30.5 Å². The van der Waals surface area contributed by atoms with Crippen molar-refractivity contribution in [2.75, 3.05) is 24.5 Å². The van der Waals surface area contributed by atoms with Crippen LogP contribution in [0.15, 0.2) is 77.7 Å². The maximum atomic E-state index is 13.4. The first-order valence-corrected chi connectivity index (χ1v) is 13.0. The van der Waals surface area contributed by atoms with E-state index in [2.05, 4.69) is 0 Å². The Morgan fingerprint density at radius 2 is 1.69 bits per heavy atom. The molecule has 0 aliphatic heterocycles. The van der Waals surface area contributed by atoms with Gasteiger partial charge >= 0.3 is 0 Å². The normalized spacial score (nSPS) is 11.6. The van der Waals surface area contributed by atoms with E-state index < -0.39 is 10.0 Å². The van der Waals surface area contributed by atoms with Crippen LogP contribution in [0.5, 0.6) is 0 Å². The van der Waals surface area contributed by atoms with Crippen LogP contribution in [0.2, 0.25) is 10.0 Å². The van der Waals surface area contributed by atoms with E-state index in [4.69, 9.17) is 23.2 Å². The first-order valence-electron chi connectivity index (χ1n) is 10.8. The largest absolute Gasteiger partial charge is 0.394 e. The number of likely N-dealkylation sites (N-methyl/N-ethyl adjacent to an activating group) is 1. The second-order valence-electron chi connectivity index (χ2n) is 7.94. The zero-order chi connectivity index (χ0) is 25.6. The second-order valence-corrected chi connectivity index (χ2v) is 10.6. The zero-order valence-corrected chi connectivity index (χ0v) is 21.7. The van der Waals surface area contributed by atoms with E-state index in [0.717, 1.165) is 11.1 Å². The molecule has 184 valence electrons. The maximum absolute atomic E-state index is 13.4. The van der Waals surface area contributed by atoms with Crippen LogP contribution in [0, 0.1) is 6.92 Å². The van der Waals surface area contributed by atoms with Gasteiger partial charge in [-0.2, -0.15) is 0 Å². The number of benzene rings is 3. The van der Waals surface area contributed by atoms with Crippen LogP contribution in [-0.4, -0.2) is 44.5 Å². The molecule has 3 aromatic rings. The molecule has 0 saturated heterocycles. The summed E-state index contributed by atoms with van der Waals surface area (Å²) in [5.41, 5.74) is 2.68. The van der Waals surface area contributed by atoms with Gasteiger partial charge in [-0.1, -0.05) is 65.2 Å². The smallest absolute Gasteiger partial charge is 0.264 e. The average Bonchev–Trinajstić information content (AvgIpc) is 2.83. The van der Waals surface area contributed by atoms with E-state index in [9.17, 15) is 18.3 Å². The average molecular weight is 533 g/mol. The van der Waals surface area contributed by atoms with Crippen molar-refractivity contribution in [3.05, 3.63) is 99.5 Å². The molecule has 3 aromatic carbocycles. The molecule has 0 fully saturated rings. The molecule has 0 aliphatic carbocycles. The van der Waals surface area contributed by atoms with Gasteiger partial charge in [0.2, 0.25) is 5.91 Å². The van der Waals surface area contributed by atoms with Crippen LogP contribution in [0.25, 0.3) is 6.08 Å². The summed E-state index contributed by atoms with van der Waals surface area (Å²) in [6, 6.07) is 18.5. The van der Waals surface area contributed by atoms with Gasteiger partial charge in [0.15, 0.2) is 0 Å². The van der Waals surface area contributed by atoms with Gasteiger partial charge in [-0.15, -0.1) is 0 Å². The predicted octanol–water partition coefficient (Wildman–Crippen LogP) is 5.16. The molecule has 0 spiro atoms. The zero-order valence-electron chi connectivity index (χ0n) is 19.4. The Labute approximate surface area is 216 Å². The number of carbonyl (C=O) groups is 1. The molecule has 0 radical (unpaired) electrons. The molecule has 0 aliphatic rings. The predicted molar refractivity (Wildman–Crippen MR) is 141 cm³/mol. The van der Waals surface area contributed by atoms with Crippen LogP contribution >= 0.6 is 23.2 Å². The minimum atomic E-state index is -3.93. The lowest BCUT2D eigenvalue weighted by atomic mass is 10.1. The van der Waals surface area contributed by atoms with Gasteiger partial charge in [-0.25, -0.2) is 8.42 Å². The summed E-state index contributed by atoms with van der Waals surface area (Å²) in [6.07, 6.45) is 3.05. The van der Waals surface area contributed by atoms with Crippen LogP contribution in [0.1, 0.15) is 16.7 Å². The number of anilines is 1. The number of nitrogens with zero attached hydrogens (tertiary/aromatic N) is 2. The topological polar surface area (TPSA) is 77.9 Å². The second kappa shape index (κ2) is 11.7. The van der Waals surface area contributed by atoms with Gasteiger partial charge in [0.25, 0.3) is 10.0 Å². The summed E-state index contributed by atoms with van der Waals surface area (Å²) in [4.78, 5) is 14.3. The van der Waals surface area contributed by atoms with Crippen molar-refractivity contribution in [2.45, 2.75) is 18.4 Å². The maximum Gasteiger partial charge on any atom is 0.264 e. The van der Waals surface area contributed by atoms with E-state index in [1.807, 2.05) is 6.92 Å². The number of para-hydroxylation sites is 1. The molecule has 0 bridgehead atoms. The van der Waals surface area contributed by atoms with Gasteiger partial charge in [0.1, 0.15) is 0 Å². The van der Waals surface area contributed by atoms with Gasteiger partial charge in [-0.3, -0.25) is 9.10 Å². The summed E-state index contributed by atoms with van der Waals surface area (Å²) >= 11 is 12.0. The van der Waals surface area contributed by atoms with Gasteiger partial charge in [-0.05, 0) is 54.5 Å². The van der Waals surface area contributed by atoms with Gasteiger partial charge in [0, 0.05) is 19.7 Å². The SMILES string of the molecule is Cc1ccc(S(=O)(=O)N(CCO)c2ccccc2CN(C)C(=O)/C=C/c2ccc(Cl)c(Cl)c2)cc1. The fourth-order valence-electron chi connectivity index (χ4n) is 3.43. The molecule has 0 unspecified atom stereocenters. The Hall–Kier alpha value is -2.84. The fourth-order valence-corrected chi connectivity index (χ4v) is 5.23. The van der Waals surface area contributed by atoms with Crippen LogP contribution in [0.3, 0.4) is 0 Å². The number of amides is 1. The molecule has 9 heteroatoms. The van der Waals surface area contributed by atoms with E-state index in [1.54, 1.807) is 79.9 Å². The van der Waals surface area contributed by atoms with Crippen LogP contribution < -0.4 is 4.31 Å². The van der Waals surface area contributed by atoms with Crippen molar-refractivity contribution in [3.63, 3.8) is 0 Å². The van der Waals surface area contributed by atoms with Crippen molar-refractivity contribution < 1.29 is 18.3 Å². The van der Waals surface area contributed by atoms with Crippen molar-refractivity contribution in [1.82, 2.24) is 4.90 Å². The molecular formula is C26H26Cl2N2O4S. The quantitative estimate of drug-likeness (QED) is 0.386. The van der Waals surface area contributed by atoms with E-state index in [0.29, 0.717) is 21.3 Å². The molecular weight excluding hydrogens is 507 g/mol. The lowest BCUT2D eigenvalue weighted by Gasteiger charge is -2.27. The molecule has 0 aromatic heterocycles. The minimum absolute atomic E-state index is 0.123. The van der Waals surface area contributed by atoms with Crippen LogP contribution in [0.4, 0.5) is 5.69 Å². The fraction of sp³-hybridized carbons (Fsp3) is 0.192. The third-order valence-corrected chi connectivity index (χ3v) is 7.88. The Morgan fingerprint density at radius 1 is 1.00 bits per heavy atom. The third kappa shape index (κ3) is 6.64. The molecule has 0 saturated carbocycles. The first kappa shape index (κ1) is 26.8. The number of rotatable bonds is 9. The highest BCUT2D eigenvalue weighted by Gasteiger charge is 2.26. The lowest BCUT2D eigenvalue weighted by molar-refractivity contribution is -0.125. The Bertz CT molecular complexity index is 1330. The summed E-state index contributed by atoms with van der Waals surface area (Å²) in [7, 11) is -2.30. The standard InChI is InChI=1S/C26H26Cl2N2O4S/c1-19-7-11-22(12-8-19)35(33,34)30(15-16-31)25-6-4-3-5-21(25)18-29(2)26(32)14-10-20-9-13-23(27)24(28)17-20/h3-14,17,31H,15-16,18H2,1-2H3/b14-10+. The van der Waals surface area contributed by atoms with E-state index >= 15 is 0 Å². The summed E-state index contributed by atoms with van der Waals surface area (Å²) in [6.45, 7) is 1.55. The van der Waals surface area contributed by atoms with Gasteiger partial charge < -0.3 is 10.0 Å². The summed E-state index contributed by atoms with van der Waals surface area (Å²) in [5.74, 6) is -0.277. The highest BCUT2D eigenvalue weighted by Crippen LogP contribution is 2.28. The van der Waals surface area contributed by atoms with Gasteiger partial charge in [0.05, 0.1) is 33.8 Å². The number of hydrogen-bond acceptors (Lipinski definition) is 4. The molecule has 6 nitrogen and oxygen atoms in total. The number of aliphatic hydroxyl groups excluding tert-OH is 1. The summed E-state index contributed by atoms with van der Waals surface area (Å²) in [5, 5.41) is 10.4. The third-order valence-electron chi connectivity index (χ3n) is 5.32. The van der Waals surface area contributed by atoms with Crippen molar-refractivity contribution >= 4 is 50.9 Å². The lowest BCUT2D eigenvalue weighted by Crippen LogP contribution is -2.35. The molecule has 3 rings (SSSR count). The Balaban J connectivity index is 1.86. The first-order chi connectivity index (χ1) is 16.6. The number of hydrogen-bond donors (Lipinski definition) is 1. The Kier molecular flexibility index (Phi) is 8.97.